The molecule has 0 unspecified atom stereocenters. The molecule has 4 rings (SSSR count). The van der Waals surface area contributed by atoms with Crippen LogP contribution in [0.5, 0.6) is 5.75 Å². The standard InChI is InChI=1S/C24H17FN4OS/c25-22-12-18(13-26)6-9-20(22)15-30-21-10-7-17(8-11-21)14-27-29-24-28-23(16-31-24)19-4-2-1-3-5-19/h1-12,14,16H,15H2,(H,28,29). The molecule has 5 nitrogen and oxygen atoms in total. The van der Waals surface area contributed by atoms with Gasteiger partial charge in [0.1, 0.15) is 18.2 Å². The fraction of sp³-hybridized carbons (Fsp3) is 0.0417. The van der Waals surface area contributed by atoms with Gasteiger partial charge in [0.2, 0.25) is 5.13 Å². The molecule has 0 saturated heterocycles. The summed E-state index contributed by atoms with van der Waals surface area (Å²) in [7, 11) is 0. The number of nitriles is 1. The van der Waals surface area contributed by atoms with Crippen molar-refractivity contribution < 1.29 is 9.13 Å². The van der Waals surface area contributed by atoms with E-state index in [9.17, 15) is 4.39 Å². The van der Waals surface area contributed by atoms with Crippen LogP contribution in [0.25, 0.3) is 11.3 Å². The zero-order valence-electron chi connectivity index (χ0n) is 16.3. The first-order valence-electron chi connectivity index (χ1n) is 9.43. The molecule has 152 valence electrons. The Morgan fingerprint density at radius 1 is 1.10 bits per heavy atom. The Morgan fingerprint density at radius 2 is 1.90 bits per heavy atom. The molecule has 3 aromatic carbocycles. The van der Waals surface area contributed by atoms with Crippen molar-refractivity contribution in [1.29, 1.82) is 5.26 Å². The van der Waals surface area contributed by atoms with E-state index in [-0.39, 0.29) is 12.2 Å². The largest absolute Gasteiger partial charge is 0.489 e. The number of benzene rings is 3. The molecule has 7 heteroatoms. The molecule has 0 atom stereocenters. The van der Waals surface area contributed by atoms with Crippen LogP contribution in [0, 0.1) is 17.1 Å². The summed E-state index contributed by atoms with van der Waals surface area (Å²) in [6.07, 6.45) is 1.69. The van der Waals surface area contributed by atoms with Crippen molar-refractivity contribution in [1.82, 2.24) is 4.98 Å². The Labute approximate surface area is 183 Å². The van der Waals surface area contributed by atoms with Gasteiger partial charge in [0.05, 0.1) is 23.5 Å². The monoisotopic (exact) mass is 428 g/mol. The lowest BCUT2D eigenvalue weighted by Gasteiger charge is -2.07. The summed E-state index contributed by atoms with van der Waals surface area (Å²) in [5.74, 6) is 0.160. The predicted molar refractivity (Wildman–Crippen MR) is 121 cm³/mol. The topological polar surface area (TPSA) is 70.3 Å². The maximum absolute atomic E-state index is 13.9. The molecular weight excluding hydrogens is 411 g/mol. The maximum atomic E-state index is 13.9. The number of aromatic nitrogens is 1. The average molecular weight is 428 g/mol. The predicted octanol–water partition coefficient (Wildman–Crippen LogP) is 5.85. The van der Waals surface area contributed by atoms with Gasteiger partial charge in [-0.15, -0.1) is 11.3 Å². The van der Waals surface area contributed by atoms with Crippen molar-refractivity contribution in [3.05, 3.63) is 101 Å². The van der Waals surface area contributed by atoms with Crippen LogP contribution in [0.15, 0.2) is 83.3 Å². The van der Waals surface area contributed by atoms with Crippen LogP contribution >= 0.6 is 11.3 Å². The lowest BCUT2D eigenvalue weighted by Crippen LogP contribution is -1.99. The zero-order valence-corrected chi connectivity index (χ0v) is 17.1. The van der Waals surface area contributed by atoms with Crippen molar-refractivity contribution in [2.75, 3.05) is 5.43 Å². The molecular formula is C24H17FN4OS. The molecule has 0 aliphatic heterocycles. The van der Waals surface area contributed by atoms with Crippen molar-refractivity contribution >= 4 is 22.7 Å². The molecule has 0 bridgehead atoms. The summed E-state index contributed by atoms with van der Waals surface area (Å²) in [5, 5.41) is 15.7. The molecule has 0 fully saturated rings. The second kappa shape index (κ2) is 9.65. The molecule has 1 heterocycles. The number of halogens is 1. The number of rotatable bonds is 7. The molecule has 0 amide bonds. The first kappa shape index (κ1) is 20.3. The Morgan fingerprint density at radius 3 is 2.65 bits per heavy atom. The summed E-state index contributed by atoms with van der Waals surface area (Å²) < 4.78 is 19.6. The summed E-state index contributed by atoms with van der Waals surface area (Å²) in [6, 6.07) is 23.5. The molecule has 0 aliphatic rings. The van der Waals surface area contributed by atoms with Gasteiger partial charge in [0.15, 0.2) is 0 Å². The second-order valence-corrected chi connectivity index (χ2v) is 7.41. The van der Waals surface area contributed by atoms with Crippen molar-refractivity contribution in [3.63, 3.8) is 0 Å². The summed E-state index contributed by atoms with van der Waals surface area (Å²) in [5.41, 5.74) is 6.47. The van der Waals surface area contributed by atoms with Crippen LogP contribution < -0.4 is 10.2 Å². The van der Waals surface area contributed by atoms with E-state index >= 15 is 0 Å². The van der Waals surface area contributed by atoms with Crippen LogP contribution in [-0.2, 0) is 6.61 Å². The number of hydrazone groups is 1. The molecule has 0 aliphatic carbocycles. The quantitative estimate of drug-likeness (QED) is 0.296. The summed E-state index contributed by atoms with van der Waals surface area (Å²) in [6.45, 7) is 0.0837. The van der Waals surface area contributed by atoms with Gasteiger partial charge in [-0.25, -0.2) is 9.37 Å². The number of ether oxygens (including phenoxy) is 1. The van der Waals surface area contributed by atoms with E-state index in [0.29, 0.717) is 16.4 Å². The van der Waals surface area contributed by atoms with Gasteiger partial charge in [0, 0.05) is 16.5 Å². The minimum atomic E-state index is -0.452. The minimum Gasteiger partial charge on any atom is -0.489 e. The first-order valence-corrected chi connectivity index (χ1v) is 10.3. The Hall–Kier alpha value is -4.02. The summed E-state index contributed by atoms with van der Waals surface area (Å²) in [4.78, 5) is 4.52. The molecule has 0 radical (unpaired) electrons. The van der Waals surface area contributed by atoms with Crippen LogP contribution in [0.1, 0.15) is 16.7 Å². The van der Waals surface area contributed by atoms with Gasteiger partial charge in [-0.2, -0.15) is 10.4 Å². The zero-order chi connectivity index (χ0) is 21.5. The van der Waals surface area contributed by atoms with Crippen LogP contribution in [0.4, 0.5) is 9.52 Å². The van der Waals surface area contributed by atoms with E-state index in [2.05, 4.69) is 15.5 Å². The van der Waals surface area contributed by atoms with Gasteiger partial charge in [-0.3, -0.25) is 5.43 Å². The van der Waals surface area contributed by atoms with Gasteiger partial charge in [0.25, 0.3) is 0 Å². The highest BCUT2D eigenvalue weighted by Crippen LogP contribution is 2.24. The number of anilines is 1. The number of nitrogens with one attached hydrogen (secondary N) is 1. The fourth-order valence-corrected chi connectivity index (χ4v) is 3.44. The fourth-order valence-electron chi connectivity index (χ4n) is 2.77. The van der Waals surface area contributed by atoms with Crippen LogP contribution in [0.3, 0.4) is 0 Å². The number of thiazole rings is 1. The van der Waals surface area contributed by atoms with Gasteiger partial charge in [-0.1, -0.05) is 36.4 Å². The SMILES string of the molecule is N#Cc1ccc(COc2ccc(C=NNc3nc(-c4ccccc4)cs3)cc2)c(F)c1. The third kappa shape index (κ3) is 5.32. The van der Waals surface area contributed by atoms with Crippen molar-refractivity contribution in [2.24, 2.45) is 5.10 Å². The normalized spacial score (nSPS) is 10.7. The molecule has 4 aromatic rings. The van der Waals surface area contributed by atoms with E-state index in [4.69, 9.17) is 10.00 Å². The van der Waals surface area contributed by atoms with Gasteiger partial charge in [-0.05, 0) is 42.0 Å². The average Bonchev–Trinajstić information content (AvgIpc) is 3.29. The van der Waals surface area contributed by atoms with Crippen LogP contribution in [-0.4, -0.2) is 11.2 Å². The minimum absolute atomic E-state index is 0.0837. The number of nitrogens with zero attached hydrogens (tertiary/aromatic N) is 3. The third-order valence-electron chi connectivity index (χ3n) is 4.40. The molecule has 1 N–H and O–H groups in total. The van der Waals surface area contributed by atoms with E-state index in [1.54, 1.807) is 30.5 Å². The van der Waals surface area contributed by atoms with E-state index in [0.717, 1.165) is 16.8 Å². The van der Waals surface area contributed by atoms with E-state index < -0.39 is 5.82 Å². The maximum Gasteiger partial charge on any atom is 0.203 e. The van der Waals surface area contributed by atoms with Crippen molar-refractivity contribution in [3.8, 4) is 23.1 Å². The van der Waals surface area contributed by atoms with Gasteiger partial charge >= 0.3 is 0 Å². The van der Waals surface area contributed by atoms with Crippen molar-refractivity contribution in [2.45, 2.75) is 6.61 Å². The Bertz CT molecular complexity index is 1230. The second-order valence-electron chi connectivity index (χ2n) is 6.55. The highest BCUT2D eigenvalue weighted by molar-refractivity contribution is 7.14. The summed E-state index contributed by atoms with van der Waals surface area (Å²) >= 11 is 1.49. The highest BCUT2D eigenvalue weighted by atomic mass is 32.1. The van der Waals surface area contributed by atoms with Gasteiger partial charge < -0.3 is 4.74 Å². The van der Waals surface area contributed by atoms with E-state index in [1.165, 1.54) is 17.4 Å². The first-order chi connectivity index (χ1) is 15.2. The lowest BCUT2D eigenvalue weighted by atomic mass is 10.1. The molecule has 0 saturated carbocycles. The molecule has 1 aromatic heterocycles. The van der Waals surface area contributed by atoms with Crippen LogP contribution in [0.2, 0.25) is 0 Å². The smallest absolute Gasteiger partial charge is 0.203 e. The highest BCUT2D eigenvalue weighted by Gasteiger charge is 2.05. The lowest BCUT2D eigenvalue weighted by molar-refractivity contribution is 0.300. The number of hydrogen-bond acceptors (Lipinski definition) is 6. The van der Waals surface area contributed by atoms with E-state index in [1.807, 2.05) is 53.9 Å². The third-order valence-corrected chi connectivity index (χ3v) is 5.15. The Kier molecular flexibility index (Phi) is 6.31. The molecule has 0 spiro atoms. The number of hydrogen-bond donors (Lipinski definition) is 1. The Balaban J connectivity index is 1.31. The molecule has 31 heavy (non-hydrogen) atoms.